The van der Waals surface area contributed by atoms with E-state index in [2.05, 4.69) is 15.1 Å². The summed E-state index contributed by atoms with van der Waals surface area (Å²) in [6.45, 7) is 0.943. The molecule has 26 heavy (non-hydrogen) atoms. The maximum absolute atomic E-state index is 13.5. The highest BCUT2D eigenvalue weighted by atomic mass is 19.4. The molecule has 2 heterocycles. The van der Waals surface area contributed by atoms with E-state index in [0.29, 0.717) is 5.69 Å². The lowest BCUT2D eigenvalue weighted by molar-refractivity contribution is -0.154. The Morgan fingerprint density at radius 1 is 1.35 bits per heavy atom. The molecule has 1 unspecified atom stereocenters. The number of fused-ring (bicyclic) bond motifs is 1. The fraction of sp³-hybridized carbons (Fsp3) is 0.294. The molecule has 0 bridgehead atoms. The Hall–Kier alpha value is -2.84. The van der Waals surface area contributed by atoms with Crippen LogP contribution < -0.4 is 10.6 Å². The molecule has 0 spiro atoms. The minimum atomic E-state index is -4.69. The second kappa shape index (κ2) is 6.47. The SMILES string of the molecule is Cc1cc(CNC(=O)C2CC(=O)Nc3ccc(F)cc32)c(C(F)(F)F)o1. The van der Waals surface area contributed by atoms with E-state index in [-0.39, 0.29) is 23.3 Å². The van der Waals surface area contributed by atoms with Crippen molar-refractivity contribution in [2.45, 2.75) is 32.0 Å². The number of nitrogens with one attached hydrogen (secondary N) is 2. The lowest BCUT2D eigenvalue weighted by atomic mass is 9.89. The van der Waals surface area contributed by atoms with Gasteiger partial charge >= 0.3 is 6.18 Å². The normalized spacial score (nSPS) is 16.8. The van der Waals surface area contributed by atoms with Crippen molar-refractivity contribution in [3.63, 3.8) is 0 Å². The van der Waals surface area contributed by atoms with E-state index in [9.17, 15) is 27.2 Å². The first-order chi connectivity index (χ1) is 12.1. The topological polar surface area (TPSA) is 71.3 Å². The van der Waals surface area contributed by atoms with Gasteiger partial charge in [-0.25, -0.2) is 4.39 Å². The van der Waals surface area contributed by atoms with Crippen LogP contribution in [0, 0.1) is 12.7 Å². The third-order valence-corrected chi connectivity index (χ3v) is 4.01. The standard InChI is InChI=1S/C17H14F4N2O3/c1-8-4-9(15(26-8)17(19,20)21)7-22-16(25)12-6-14(24)23-13-3-2-10(18)5-11(12)13/h2-5,12H,6-7H2,1H3,(H,22,25)(H,23,24). The summed E-state index contributed by atoms with van der Waals surface area (Å²) < 4.78 is 56.9. The Kier molecular flexibility index (Phi) is 4.47. The molecule has 2 aromatic rings. The van der Waals surface area contributed by atoms with Gasteiger partial charge < -0.3 is 15.1 Å². The molecule has 5 nitrogen and oxygen atoms in total. The summed E-state index contributed by atoms with van der Waals surface area (Å²) in [7, 11) is 0. The number of anilines is 1. The Balaban J connectivity index is 1.80. The van der Waals surface area contributed by atoms with Crippen LogP contribution in [0.15, 0.2) is 28.7 Å². The number of furan rings is 1. The number of hydrogen-bond acceptors (Lipinski definition) is 3. The summed E-state index contributed by atoms with van der Waals surface area (Å²) in [4.78, 5) is 24.2. The zero-order valence-corrected chi connectivity index (χ0v) is 13.5. The number of alkyl halides is 3. The summed E-state index contributed by atoms with van der Waals surface area (Å²) >= 11 is 0. The molecule has 9 heteroatoms. The number of aryl methyl sites for hydroxylation is 1. The van der Waals surface area contributed by atoms with Crippen molar-refractivity contribution in [1.82, 2.24) is 5.32 Å². The van der Waals surface area contributed by atoms with Crippen molar-refractivity contribution in [3.05, 3.63) is 52.7 Å². The predicted molar refractivity (Wildman–Crippen MR) is 82.7 cm³/mol. The van der Waals surface area contributed by atoms with Crippen LogP contribution in [-0.2, 0) is 22.3 Å². The highest BCUT2D eigenvalue weighted by Crippen LogP contribution is 2.35. The molecule has 1 aliphatic rings. The number of hydrogen-bond donors (Lipinski definition) is 2. The fourth-order valence-corrected chi connectivity index (χ4v) is 2.91. The minimum absolute atomic E-state index is 0.0611. The Morgan fingerprint density at radius 2 is 2.08 bits per heavy atom. The van der Waals surface area contributed by atoms with E-state index in [1.807, 2.05) is 0 Å². The summed E-state index contributed by atoms with van der Waals surface area (Å²) in [5.74, 6) is -3.79. The van der Waals surface area contributed by atoms with Crippen LogP contribution in [0.3, 0.4) is 0 Å². The maximum atomic E-state index is 13.5. The molecule has 0 aliphatic carbocycles. The number of amides is 2. The van der Waals surface area contributed by atoms with E-state index < -0.39 is 42.0 Å². The molecule has 0 saturated heterocycles. The van der Waals surface area contributed by atoms with Gasteiger partial charge in [-0.1, -0.05) is 0 Å². The highest BCUT2D eigenvalue weighted by Gasteiger charge is 2.38. The van der Waals surface area contributed by atoms with Gasteiger partial charge in [0.05, 0.1) is 5.92 Å². The number of rotatable bonds is 3. The smallest absolute Gasteiger partial charge is 0.449 e. The minimum Gasteiger partial charge on any atom is -0.456 e. The number of carbonyl (C=O) groups excluding carboxylic acids is 2. The molecule has 1 aromatic heterocycles. The largest absolute Gasteiger partial charge is 0.456 e. The average Bonchev–Trinajstić information content (AvgIpc) is 2.93. The van der Waals surface area contributed by atoms with E-state index >= 15 is 0 Å². The average molecular weight is 370 g/mol. The van der Waals surface area contributed by atoms with Crippen LogP contribution >= 0.6 is 0 Å². The quantitative estimate of drug-likeness (QED) is 0.813. The molecule has 1 aromatic carbocycles. The van der Waals surface area contributed by atoms with Crippen LogP contribution in [0.4, 0.5) is 23.2 Å². The summed E-state index contributed by atoms with van der Waals surface area (Å²) in [5.41, 5.74) is 0.363. The molecular formula is C17H14F4N2O3. The first kappa shape index (κ1) is 18.0. The maximum Gasteiger partial charge on any atom is 0.449 e. The monoisotopic (exact) mass is 370 g/mol. The first-order valence-corrected chi connectivity index (χ1v) is 7.68. The van der Waals surface area contributed by atoms with E-state index in [4.69, 9.17) is 0 Å². The van der Waals surface area contributed by atoms with Gasteiger partial charge in [0.25, 0.3) is 0 Å². The molecule has 2 amide bonds. The summed E-state index contributed by atoms with van der Waals surface area (Å²) in [5, 5.41) is 4.90. The second-order valence-electron chi connectivity index (χ2n) is 5.96. The molecule has 0 radical (unpaired) electrons. The van der Waals surface area contributed by atoms with Gasteiger partial charge in [0, 0.05) is 24.2 Å². The van der Waals surface area contributed by atoms with E-state index in [0.717, 1.165) is 12.1 Å². The molecule has 138 valence electrons. The molecular weight excluding hydrogens is 356 g/mol. The van der Waals surface area contributed by atoms with Crippen LogP contribution in [-0.4, -0.2) is 11.8 Å². The molecule has 1 aliphatic heterocycles. The molecule has 3 rings (SSSR count). The van der Waals surface area contributed by atoms with Gasteiger partial charge in [0.1, 0.15) is 11.6 Å². The van der Waals surface area contributed by atoms with Crippen molar-refractivity contribution >= 4 is 17.5 Å². The predicted octanol–water partition coefficient (Wildman–Crippen LogP) is 3.49. The molecule has 2 N–H and O–H groups in total. The van der Waals surface area contributed by atoms with Crippen LogP contribution in [0.25, 0.3) is 0 Å². The van der Waals surface area contributed by atoms with Crippen molar-refractivity contribution in [2.75, 3.05) is 5.32 Å². The number of carbonyl (C=O) groups is 2. The zero-order chi connectivity index (χ0) is 19.1. The number of halogens is 4. The first-order valence-electron chi connectivity index (χ1n) is 7.68. The van der Waals surface area contributed by atoms with Crippen LogP contribution in [0.5, 0.6) is 0 Å². The fourth-order valence-electron chi connectivity index (χ4n) is 2.91. The van der Waals surface area contributed by atoms with Gasteiger partial charge in [-0.05, 0) is 36.8 Å². The van der Waals surface area contributed by atoms with Crippen molar-refractivity contribution in [1.29, 1.82) is 0 Å². The highest BCUT2D eigenvalue weighted by molar-refractivity contribution is 6.01. The lowest BCUT2D eigenvalue weighted by Crippen LogP contribution is -2.35. The third-order valence-electron chi connectivity index (χ3n) is 4.01. The Bertz CT molecular complexity index is 873. The summed E-state index contributed by atoms with van der Waals surface area (Å²) in [6, 6.07) is 4.79. The molecule has 1 atom stereocenters. The lowest BCUT2D eigenvalue weighted by Gasteiger charge is -2.24. The van der Waals surface area contributed by atoms with Crippen molar-refractivity contribution in [3.8, 4) is 0 Å². The Morgan fingerprint density at radius 3 is 2.77 bits per heavy atom. The van der Waals surface area contributed by atoms with Gasteiger partial charge in [0.2, 0.25) is 17.6 Å². The van der Waals surface area contributed by atoms with Crippen LogP contribution in [0.1, 0.15) is 35.0 Å². The van der Waals surface area contributed by atoms with E-state index in [1.54, 1.807) is 0 Å². The number of benzene rings is 1. The van der Waals surface area contributed by atoms with E-state index in [1.165, 1.54) is 19.1 Å². The van der Waals surface area contributed by atoms with Gasteiger partial charge in [-0.3, -0.25) is 9.59 Å². The third kappa shape index (κ3) is 3.56. The zero-order valence-electron chi connectivity index (χ0n) is 13.5. The summed E-state index contributed by atoms with van der Waals surface area (Å²) in [6.07, 6.45) is -4.91. The molecule has 0 fully saturated rings. The van der Waals surface area contributed by atoms with Crippen molar-refractivity contribution in [2.24, 2.45) is 0 Å². The van der Waals surface area contributed by atoms with Gasteiger partial charge in [-0.2, -0.15) is 13.2 Å². The van der Waals surface area contributed by atoms with Gasteiger partial charge in [-0.15, -0.1) is 0 Å². The second-order valence-corrected chi connectivity index (χ2v) is 5.96. The van der Waals surface area contributed by atoms with Crippen molar-refractivity contribution < 1.29 is 31.6 Å². The van der Waals surface area contributed by atoms with Crippen LogP contribution in [0.2, 0.25) is 0 Å². The molecule has 0 saturated carbocycles. The Labute approximate surface area is 145 Å². The van der Waals surface area contributed by atoms with Gasteiger partial charge in [0.15, 0.2) is 0 Å².